The Balaban J connectivity index is 2.22. The van der Waals surface area contributed by atoms with Gasteiger partial charge in [0.2, 0.25) is 0 Å². The van der Waals surface area contributed by atoms with Crippen LogP contribution in [0.5, 0.6) is 0 Å². The van der Waals surface area contributed by atoms with Gasteiger partial charge in [-0.25, -0.2) is 18.6 Å². The van der Waals surface area contributed by atoms with Crippen LogP contribution in [-0.4, -0.2) is 20.6 Å². The minimum absolute atomic E-state index is 0.0237. The van der Waals surface area contributed by atoms with Crippen molar-refractivity contribution in [3.63, 3.8) is 0 Å². The molecule has 1 heterocycles. The summed E-state index contributed by atoms with van der Waals surface area (Å²) in [5.41, 5.74) is 1.01. The molecule has 0 fully saturated rings. The minimum Gasteiger partial charge on any atom is -0.478 e. The third kappa shape index (κ3) is 1.91. The van der Waals surface area contributed by atoms with Crippen LogP contribution >= 0.6 is 0 Å². The maximum absolute atomic E-state index is 13.8. The van der Waals surface area contributed by atoms with Gasteiger partial charge in [0.25, 0.3) is 0 Å². The Hall–Kier alpha value is -2.76. The Bertz CT molecular complexity index is 827. The van der Waals surface area contributed by atoms with Gasteiger partial charge in [-0.3, -0.25) is 4.57 Å². The third-order valence-corrected chi connectivity index (χ3v) is 2.96. The molecule has 0 radical (unpaired) electrons. The highest BCUT2D eigenvalue weighted by Crippen LogP contribution is 2.22. The molecule has 4 nitrogen and oxygen atoms in total. The van der Waals surface area contributed by atoms with Gasteiger partial charge in [-0.15, -0.1) is 0 Å². The van der Waals surface area contributed by atoms with Crippen molar-refractivity contribution in [1.82, 2.24) is 9.55 Å². The molecule has 0 aliphatic heterocycles. The minimum atomic E-state index is -1.07. The zero-order chi connectivity index (χ0) is 14.3. The molecular formula is C14H8F2N2O2. The van der Waals surface area contributed by atoms with E-state index in [2.05, 4.69) is 4.98 Å². The fourth-order valence-electron chi connectivity index (χ4n) is 2.01. The largest absolute Gasteiger partial charge is 0.478 e. The highest BCUT2D eigenvalue weighted by molar-refractivity contribution is 5.92. The molecule has 0 bridgehead atoms. The summed E-state index contributed by atoms with van der Waals surface area (Å²) in [6.07, 6.45) is 1.33. The first-order valence-corrected chi connectivity index (χ1v) is 5.72. The summed E-state index contributed by atoms with van der Waals surface area (Å²) in [5, 5.41) is 8.90. The molecule has 20 heavy (non-hydrogen) atoms. The lowest BCUT2D eigenvalue weighted by molar-refractivity contribution is 0.0697. The second-order valence-electron chi connectivity index (χ2n) is 4.22. The van der Waals surface area contributed by atoms with E-state index in [-0.39, 0.29) is 11.3 Å². The van der Waals surface area contributed by atoms with Crippen molar-refractivity contribution >= 4 is 17.0 Å². The molecule has 6 heteroatoms. The zero-order valence-corrected chi connectivity index (χ0v) is 10.0. The third-order valence-electron chi connectivity index (χ3n) is 2.96. The number of halogens is 2. The number of hydrogen-bond donors (Lipinski definition) is 1. The van der Waals surface area contributed by atoms with Crippen LogP contribution < -0.4 is 0 Å². The highest BCUT2D eigenvalue weighted by Gasteiger charge is 2.12. The Labute approximate surface area is 111 Å². The van der Waals surface area contributed by atoms with E-state index in [0.29, 0.717) is 11.0 Å². The van der Waals surface area contributed by atoms with Crippen molar-refractivity contribution in [3.8, 4) is 5.69 Å². The van der Waals surface area contributed by atoms with Crippen LogP contribution in [0.4, 0.5) is 8.78 Å². The maximum atomic E-state index is 13.8. The summed E-state index contributed by atoms with van der Waals surface area (Å²) in [5.74, 6) is -2.23. The van der Waals surface area contributed by atoms with E-state index in [0.717, 1.165) is 18.2 Å². The van der Waals surface area contributed by atoms with E-state index < -0.39 is 17.6 Å². The Morgan fingerprint density at radius 2 is 1.95 bits per heavy atom. The van der Waals surface area contributed by atoms with Gasteiger partial charge in [-0.1, -0.05) is 0 Å². The smallest absolute Gasteiger partial charge is 0.335 e. The number of aromatic carboxylic acids is 1. The van der Waals surface area contributed by atoms with E-state index >= 15 is 0 Å². The molecular weight excluding hydrogens is 266 g/mol. The lowest BCUT2D eigenvalue weighted by atomic mass is 10.2. The van der Waals surface area contributed by atoms with Crippen LogP contribution in [0.2, 0.25) is 0 Å². The zero-order valence-electron chi connectivity index (χ0n) is 10.0. The SMILES string of the molecule is O=C(O)c1ccc2c(c1)ncn2-c1cc(F)ccc1F. The lowest BCUT2D eigenvalue weighted by Crippen LogP contribution is -1.98. The molecule has 3 rings (SSSR count). The van der Waals surface area contributed by atoms with Gasteiger partial charge in [-0.2, -0.15) is 0 Å². The summed E-state index contributed by atoms with van der Waals surface area (Å²) in [7, 11) is 0. The van der Waals surface area contributed by atoms with Crippen molar-refractivity contribution in [2.45, 2.75) is 0 Å². The van der Waals surface area contributed by atoms with Gasteiger partial charge < -0.3 is 5.11 Å². The number of imidazole rings is 1. The van der Waals surface area contributed by atoms with Gasteiger partial charge in [0, 0.05) is 6.07 Å². The summed E-state index contributed by atoms with van der Waals surface area (Å²) < 4.78 is 28.4. The first-order chi connectivity index (χ1) is 9.56. The van der Waals surface area contributed by atoms with Crippen LogP contribution in [0.25, 0.3) is 16.7 Å². The molecule has 0 unspecified atom stereocenters. The molecule has 0 aliphatic rings. The Morgan fingerprint density at radius 1 is 1.15 bits per heavy atom. The summed E-state index contributed by atoms with van der Waals surface area (Å²) in [4.78, 5) is 14.9. The second kappa shape index (κ2) is 4.41. The summed E-state index contributed by atoms with van der Waals surface area (Å²) >= 11 is 0. The standard InChI is InChI=1S/C14H8F2N2O2/c15-9-2-3-10(16)13(6-9)18-7-17-11-5-8(14(19)20)1-4-12(11)18/h1-7H,(H,19,20). The summed E-state index contributed by atoms with van der Waals surface area (Å²) in [6.45, 7) is 0. The number of carboxylic acid groups (broad SMARTS) is 1. The predicted octanol–water partition coefficient (Wildman–Crippen LogP) is 3.00. The van der Waals surface area contributed by atoms with Crippen LogP contribution in [-0.2, 0) is 0 Å². The summed E-state index contributed by atoms with van der Waals surface area (Å²) in [6, 6.07) is 7.39. The molecule has 0 saturated heterocycles. The molecule has 0 amide bonds. The van der Waals surface area contributed by atoms with Crippen molar-refractivity contribution < 1.29 is 18.7 Å². The average Bonchev–Trinajstić information content (AvgIpc) is 2.84. The number of nitrogens with zero attached hydrogens (tertiary/aromatic N) is 2. The topological polar surface area (TPSA) is 55.1 Å². The number of benzene rings is 2. The fraction of sp³-hybridized carbons (Fsp3) is 0. The van der Waals surface area contributed by atoms with Gasteiger partial charge in [-0.05, 0) is 30.3 Å². The van der Waals surface area contributed by atoms with Gasteiger partial charge in [0.1, 0.15) is 18.0 Å². The van der Waals surface area contributed by atoms with E-state index in [4.69, 9.17) is 5.11 Å². The molecule has 2 aromatic carbocycles. The van der Waals surface area contributed by atoms with Crippen LogP contribution in [0.1, 0.15) is 10.4 Å². The molecule has 0 aliphatic carbocycles. The number of fused-ring (bicyclic) bond motifs is 1. The molecule has 0 saturated carbocycles. The normalized spacial score (nSPS) is 10.9. The quantitative estimate of drug-likeness (QED) is 0.781. The molecule has 0 atom stereocenters. The Kier molecular flexibility index (Phi) is 2.71. The maximum Gasteiger partial charge on any atom is 0.335 e. The first kappa shape index (κ1) is 12.3. The van der Waals surface area contributed by atoms with Crippen molar-refractivity contribution in [2.75, 3.05) is 0 Å². The molecule has 100 valence electrons. The van der Waals surface area contributed by atoms with E-state index in [1.807, 2.05) is 0 Å². The number of carbonyl (C=O) groups is 1. The highest BCUT2D eigenvalue weighted by atomic mass is 19.1. The van der Waals surface area contributed by atoms with Gasteiger partial charge >= 0.3 is 5.97 Å². The number of hydrogen-bond acceptors (Lipinski definition) is 2. The average molecular weight is 274 g/mol. The molecule has 1 aromatic heterocycles. The van der Waals surface area contributed by atoms with Gasteiger partial charge in [0.05, 0.1) is 22.3 Å². The van der Waals surface area contributed by atoms with E-state index in [9.17, 15) is 13.6 Å². The lowest BCUT2D eigenvalue weighted by Gasteiger charge is -2.06. The van der Waals surface area contributed by atoms with Gasteiger partial charge in [0.15, 0.2) is 0 Å². The number of carboxylic acids is 1. The predicted molar refractivity (Wildman–Crippen MR) is 67.9 cm³/mol. The second-order valence-corrected chi connectivity index (χ2v) is 4.22. The monoisotopic (exact) mass is 274 g/mol. The van der Waals surface area contributed by atoms with E-state index in [1.54, 1.807) is 0 Å². The van der Waals surface area contributed by atoms with Crippen molar-refractivity contribution in [1.29, 1.82) is 0 Å². The van der Waals surface area contributed by atoms with Crippen LogP contribution in [0, 0.1) is 11.6 Å². The molecule has 3 aromatic rings. The first-order valence-electron chi connectivity index (χ1n) is 5.72. The van der Waals surface area contributed by atoms with Crippen LogP contribution in [0.3, 0.4) is 0 Å². The Morgan fingerprint density at radius 3 is 2.70 bits per heavy atom. The number of aromatic nitrogens is 2. The number of rotatable bonds is 2. The molecule has 0 spiro atoms. The fourth-order valence-corrected chi connectivity index (χ4v) is 2.01. The van der Waals surface area contributed by atoms with Crippen LogP contribution in [0.15, 0.2) is 42.7 Å². The molecule has 1 N–H and O–H groups in total. The van der Waals surface area contributed by atoms with Crippen molar-refractivity contribution in [2.24, 2.45) is 0 Å². The van der Waals surface area contributed by atoms with E-state index in [1.165, 1.54) is 29.1 Å². The van der Waals surface area contributed by atoms with Crippen molar-refractivity contribution in [3.05, 3.63) is 59.9 Å².